The molecule has 0 aliphatic rings. The van der Waals surface area contributed by atoms with Gasteiger partial charge in [0.05, 0.1) is 5.69 Å². The normalized spacial score (nSPS) is 10.1. The summed E-state index contributed by atoms with van der Waals surface area (Å²) in [5.41, 5.74) is 6.48. The molecule has 0 aliphatic carbocycles. The Bertz CT molecular complexity index is 516. The second kappa shape index (κ2) is 4.72. The highest BCUT2D eigenvalue weighted by atomic mass is 79.9. The lowest BCUT2D eigenvalue weighted by Crippen LogP contribution is -1.97. The lowest BCUT2D eigenvalue weighted by molar-refractivity contribution is 1.31. The van der Waals surface area contributed by atoms with Gasteiger partial charge in [0.15, 0.2) is 0 Å². The van der Waals surface area contributed by atoms with Gasteiger partial charge in [0.25, 0.3) is 0 Å². The largest absolute Gasteiger partial charge is 0.384 e. The molecule has 0 spiro atoms. The van der Waals surface area contributed by atoms with E-state index < -0.39 is 0 Å². The average molecular weight is 299 g/mol. The highest BCUT2D eigenvalue weighted by Crippen LogP contribution is 2.28. The number of hydrogen-bond donors (Lipinski definition) is 2. The van der Waals surface area contributed by atoms with Crippen molar-refractivity contribution in [3.63, 3.8) is 0 Å². The summed E-state index contributed by atoms with van der Waals surface area (Å²) in [4.78, 5) is 4.14. The molecule has 1 heterocycles. The molecule has 5 heteroatoms. The van der Waals surface area contributed by atoms with Gasteiger partial charge in [-0.2, -0.15) is 0 Å². The van der Waals surface area contributed by atoms with Crippen LogP contribution < -0.4 is 11.1 Å². The quantitative estimate of drug-likeness (QED) is 0.886. The summed E-state index contributed by atoms with van der Waals surface area (Å²) in [7, 11) is 0. The van der Waals surface area contributed by atoms with E-state index in [4.69, 9.17) is 17.3 Å². The molecule has 16 heavy (non-hydrogen) atoms. The van der Waals surface area contributed by atoms with Gasteiger partial charge in [-0.05, 0) is 46.3 Å². The molecule has 0 atom stereocenters. The summed E-state index contributed by atoms with van der Waals surface area (Å²) in [5, 5.41) is 3.82. The van der Waals surface area contributed by atoms with Gasteiger partial charge in [-0.15, -0.1) is 0 Å². The SMILES string of the molecule is Nc1cccc(Nc2ccc(Cl)cc2Br)n1. The van der Waals surface area contributed by atoms with Crippen molar-refractivity contribution >= 4 is 44.9 Å². The van der Waals surface area contributed by atoms with Crippen LogP contribution in [0, 0.1) is 0 Å². The van der Waals surface area contributed by atoms with Crippen LogP contribution in [0.15, 0.2) is 40.9 Å². The smallest absolute Gasteiger partial charge is 0.132 e. The monoisotopic (exact) mass is 297 g/mol. The zero-order valence-corrected chi connectivity index (χ0v) is 10.6. The standard InChI is InChI=1S/C11H9BrClN3/c12-8-6-7(13)4-5-9(8)15-11-3-1-2-10(14)16-11/h1-6H,(H3,14,15,16). The fraction of sp³-hybridized carbons (Fsp3) is 0. The van der Waals surface area contributed by atoms with Crippen LogP contribution in [-0.2, 0) is 0 Å². The predicted octanol–water partition coefficient (Wildman–Crippen LogP) is 3.82. The molecule has 1 aromatic carbocycles. The van der Waals surface area contributed by atoms with Crippen LogP contribution in [0.2, 0.25) is 5.02 Å². The molecule has 1 aromatic heterocycles. The van der Waals surface area contributed by atoms with Crippen LogP contribution in [-0.4, -0.2) is 4.98 Å². The third kappa shape index (κ3) is 2.65. The minimum Gasteiger partial charge on any atom is -0.384 e. The van der Waals surface area contributed by atoms with Crippen LogP contribution in [0.5, 0.6) is 0 Å². The van der Waals surface area contributed by atoms with E-state index in [1.54, 1.807) is 12.1 Å². The minimum absolute atomic E-state index is 0.482. The number of nitrogens with zero attached hydrogens (tertiary/aromatic N) is 1. The first-order chi connectivity index (χ1) is 7.65. The third-order valence-corrected chi connectivity index (χ3v) is 2.86. The van der Waals surface area contributed by atoms with E-state index in [9.17, 15) is 0 Å². The number of nitrogen functional groups attached to an aromatic ring is 1. The molecule has 3 N–H and O–H groups in total. The molecule has 0 radical (unpaired) electrons. The van der Waals surface area contributed by atoms with E-state index in [-0.39, 0.29) is 0 Å². The van der Waals surface area contributed by atoms with E-state index in [0.29, 0.717) is 16.7 Å². The maximum absolute atomic E-state index is 5.85. The highest BCUT2D eigenvalue weighted by molar-refractivity contribution is 9.10. The van der Waals surface area contributed by atoms with E-state index in [0.717, 1.165) is 10.2 Å². The second-order valence-electron chi connectivity index (χ2n) is 3.20. The fourth-order valence-electron chi connectivity index (χ4n) is 1.25. The van der Waals surface area contributed by atoms with E-state index in [1.165, 1.54) is 0 Å². The summed E-state index contributed by atoms with van der Waals surface area (Å²) in [6, 6.07) is 10.9. The molecule has 82 valence electrons. The molecule has 0 saturated heterocycles. The van der Waals surface area contributed by atoms with Crippen molar-refractivity contribution in [1.82, 2.24) is 4.98 Å². The van der Waals surface area contributed by atoms with Gasteiger partial charge >= 0.3 is 0 Å². The summed E-state index contributed by atoms with van der Waals surface area (Å²) >= 11 is 9.27. The van der Waals surface area contributed by atoms with Crippen LogP contribution in [0.4, 0.5) is 17.3 Å². The number of pyridine rings is 1. The topological polar surface area (TPSA) is 50.9 Å². The van der Waals surface area contributed by atoms with Gasteiger partial charge in [-0.3, -0.25) is 0 Å². The van der Waals surface area contributed by atoms with Gasteiger partial charge in [0.1, 0.15) is 11.6 Å². The van der Waals surface area contributed by atoms with Crippen molar-refractivity contribution in [3.8, 4) is 0 Å². The number of benzene rings is 1. The molecule has 0 saturated carbocycles. The molecule has 2 rings (SSSR count). The van der Waals surface area contributed by atoms with Crippen molar-refractivity contribution in [1.29, 1.82) is 0 Å². The molecular formula is C11H9BrClN3. The second-order valence-corrected chi connectivity index (χ2v) is 4.49. The molecule has 0 fully saturated rings. The van der Waals surface area contributed by atoms with Crippen LogP contribution >= 0.6 is 27.5 Å². The molecular weight excluding hydrogens is 289 g/mol. The Kier molecular flexibility index (Phi) is 3.31. The number of rotatable bonds is 2. The third-order valence-electron chi connectivity index (χ3n) is 1.96. The highest BCUT2D eigenvalue weighted by Gasteiger charge is 2.02. The first-order valence-electron chi connectivity index (χ1n) is 4.60. The van der Waals surface area contributed by atoms with Crippen molar-refractivity contribution in [2.45, 2.75) is 0 Å². The van der Waals surface area contributed by atoms with Gasteiger partial charge in [0.2, 0.25) is 0 Å². The number of hydrogen-bond acceptors (Lipinski definition) is 3. The Hall–Kier alpha value is -1.26. The number of aromatic nitrogens is 1. The maximum atomic E-state index is 5.85. The first-order valence-corrected chi connectivity index (χ1v) is 5.77. The Balaban J connectivity index is 2.27. The predicted molar refractivity (Wildman–Crippen MR) is 71.1 cm³/mol. The molecule has 0 amide bonds. The summed E-state index contributed by atoms with van der Waals surface area (Å²) in [5.74, 6) is 1.18. The molecule has 2 aromatic rings. The van der Waals surface area contributed by atoms with Crippen molar-refractivity contribution < 1.29 is 0 Å². The Morgan fingerprint density at radius 2 is 2.06 bits per heavy atom. The minimum atomic E-state index is 0.482. The van der Waals surface area contributed by atoms with Crippen LogP contribution in [0.25, 0.3) is 0 Å². The van der Waals surface area contributed by atoms with Gasteiger partial charge in [-0.25, -0.2) is 4.98 Å². The summed E-state index contributed by atoms with van der Waals surface area (Å²) in [6.07, 6.45) is 0. The Morgan fingerprint density at radius 3 is 2.75 bits per heavy atom. The number of halogens is 2. The van der Waals surface area contributed by atoms with Gasteiger partial charge in [0, 0.05) is 9.50 Å². The zero-order chi connectivity index (χ0) is 11.5. The van der Waals surface area contributed by atoms with E-state index >= 15 is 0 Å². The van der Waals surface area contributed by atoms with Crippen LogP contribution in [0.3, 0.4) is 0 Å². The summed E-state index contributed by atoms with van der Waals surface area (Å²) in [6.45, 7) is 0. The van der Waals surface area contributed by atoms with Crippen LogP contribution in [0.1, 0.15) is 0 Å². The number of anilines is 3. The average Bonchev–Trinajstić information content (AvgIpc) is 2.22. The first kappa shape index (κ1) is 11.2. The zero-order valence-electron chi connectivity index (χ0n) is 8.24. The fourth-order valence-corrected chi connectivity index (χ4v) is 2.03. The van der Waals surface area contributed by atoms with Gasteiger partial charge < -0.3 is 11.1 Å². The Labute approximate surface area is 107 Å². The number of nitrogens with two attached hydrogens (primary N) is 1. The molecule has 3 nitrogen and oxygen atoms in total. The molecule has 0 unspecified atom stereocenters. The summed E-state index contributed by atoms with van der Waals surface area (Å²) < 4.78 is 0.879. The van der Waals surface area contributed by atoms with Crippen molar-refractivity contribution in [2.24, 2.45) is 0 Å². The van der Waals surface area contributed by atoms with Crippen molar-refractivity contribution in [3.05, 3.63) is 45.9 Å². The molecule has 0 aliphatic heterocycles. The lowest BCUT2D eigenvalue weighted by Gasteiger charge is -2.08. The lowest BCUT2D eigenvalue weighted by atomic mass is 10.3. The van der Waals surface area contributed by atoms with E-state index in [2.05, 4.69) is 26.2 Å². The molecule has 0 bridgehead atoms. The number of nitrogens with one attached hydrogen (secondary N) is 1. The van der Waals surface area contributed by atoms with Gasteiger partial charge in [-0.1, -0.05) is 17.7 Å². The van der Waals surface area contributed by atoms with Crippen molar-refractivity contribution in [2.75, 3.05) is 11.1 Å². The Morgan fingerprint density at radius 1 is 1.25 bits per heavy atom. The van der Waals surface area contributed by atoms with E-state index in [1.807, 2.05) is 24.3 Å². The maximum Gasteiger partial charge on any atom is 0.132 e.